The molecule has 0 saturated carbocycles. The maximum absolute atomic E-state index is 5.20. The van der Waals surface area contributed by atoms with E-state index in [9.17, 15) is 0 Å². The van der Waals surface area contributed by atoms with Crippen molar-refractivity contribution in [2.75, 3.05) is 0 Å². The molecule has 0 N–H and O–H groups in total. The van der Waals surface area contributed by atoms with E-state index in [2.05, 4.69) is 90.4 Å². The monoisotopic (exact) mass is 550 g/mol. The van der Waals surface area contributed by atoms with Crippen LogP contribution in [0.1, 0.15) is 0 Å². The third-order valence-corrected chi connectivity index (χ3v) is 1.38. The minimum atomic E-state index is 0.300. The minimum absolute atomic E-state index is 0.300. The van der Waals surface area contributed by atoms with Gasteiger partial charge in [-0.3, -0.25) is 0 Å². The molecule has 44 valence electrons. The molecule has 0 radical (unpaired) electrons. The molecule has 0 aromatic heterocycles. The lowest BCUT2D eigenvalue weighted by molar-refractivity contribution is 0.235. The molecule has 0 unspecified atom stereocenters. The highest BCUT2D eigenvalue weighted by Crippen LogP contribution is 2.20. The van der Waals surface area contributed by atoms with Crippen LogP contribution in [0.2, 0.25) is 0 Å². The van der Waals surface area contributed by atoms with Gasteiger partial charge in [-0.2, -0.15) is 0 Å². The third-order valence-electron chi connectivity index (χ3n) is 0.206. The van der Waals surface area contributed by atoms with Crippen LogP contribution in [0.4, 0.5) is 0 Å². The zero-order valence-electron chi connectivity index (χ0n) is 3.07. The summed E-state index contributed by atoms with van der Waals surface area (Å²) in [4.78, 5) is 0. The van der Waals surface area contributed by atoms with Crippen LogP contribution >= 0.6 is 90.4 Å². The first kappa shape index (κ1) is 9.88. The minimum Gasteiger partial charge on any atom is -0.335 e. The van der Waals surface area contributed by atoms with Gasteiger partial charge in [-0.15, -0.1) is 0 Å². The van der Waals surface area contributed by atoms with E-state index in [1.54, 1.807) is 0 Å². The summed E-state index contributed by atoms with van der Waals surface area (Å²) in [5, 5.41) is 0. The first-order valence-corrected chi connectivity index (χ1v) is 6.33. The highest BCUT2D eigenvalue weighted by Gasteiger charge is 2.00. The quantitative estimate of drug-likeness (QED) is 0.380. The van der Waals surface area contributed by atoms with Gasteiger partial charge in [-0.05, 0) is 90.4 Å². The fraction of sp³-hybridized carbons (Fsp3) is 1.00. The lowest BCUT2D eigenvalue weighted by Crippen LogP contribution is -1.96. The first-order valence-electron chi connectivity index (χ1n) is 1.34. The van der Waals surface area contributed by atoms with E-state index in [0.717, 1.165) is 0 Å². The van der Waals surface area contributed by atoms with Crippen LogP contribution in [-0.4, -0.2) is 4.23 Å². The van der Waals surface area contributed by atoms with Crippen molar-refractivity contribution in [1.29, 1.82) is 0 Å². The molecular formula is C2H2I4O. The SMILES string of the molecule is IC(I)OC(I)I. The number of alkyl halides is 4. The van der Waals surface area contributed by atoms with E-state index in [-0.39, 0.29) is 0 Å². The van der Waals surface area contributed by atoms with E-state index < -0.39 is 0 Å². The molecule has 0 amide bonds. The van der Waals surface area contributed by atoms with Gasteiger partial charge in [0.05, 0.1) is 0 Å². The predicted octanol–water partition coefficient (Wildman–Crippen LogP) is 3.31. The highest BCUT2D eigenvalue weighted by atomic mass is 127. The van der Waals surface area contributed by atoms with Crippen molar-refractivity contribution in [3.63, 3.8) is 0 Å². The molecule has 0 fully saturated rings. The van der Waals surface area contributed by atoms with Crippen molar-refractivity contribution in [1.82, 2.24) is 0 Å². The van der Waals surface area contributed by atoms with Gasteiger partial charge in [-0.25, -0.2) is 0 Å². The number of rotatable bonds is 2. The van der Waals surface area contributed by atoms with Gasteiger partial charge in [0.25, 0.3) is 0 Å². The maximum Gasteiger partial charge on any atom is 0.161 e. The Morgan fingerprint density at radius 2 is 1.14 bits per heavy atom. The Morgan fingerprint density at radius 3 is 1.14 bits per heavy atom. The smallest absolute Gasteiger partial charge is 0.161 e. The lowest BCUT2D eigenvalue weighted by Gasteiger charge is -2.03. The van der Waals surface area contributed by atoms with E-state index in [4.69, 9.17) is 4.74 Å². The number of halogens is 4. The molecule has 1 nitrogen and oxygen atoms in total. The van der Waals surface area contributed by atoms with Gasteiger partial charge < -0.3 is 4.74 Å². The standard InChI is InChI=1S/C2H2I4O/c3-1(4)7-2(5)6/h1-2H. The van der Waals surface area contributed by atoms with Gasteiger partial charge in [0, 0.05) is 0 Å². The molecule has 0 spiro atoms. The Labute approximate surface area is 97.3 Å². The van der Waals surface area contributed by atoms with Crippen LogP contribution < -0.4 is 0 Å². The zero-order valence-corrected chi connectivity index (χ0v) is 11.7. The second-order valence-electron chi connectivity index (χ2n) is 0.657. The zero-order chi connectivity index (χ0) is 5.86. The summed E-state index contributed by atoms with van der Waals surface area (Å²) in [6, 6.07) is 0. The fourth-order valence-corrected chi connectivity index (χ4v) is 3.50. The van der Waals surface area contributed by atoms with E-state index >= 15 is 0 Å². The van der Waals surface area contributed by atoms with Crippen molar-refractivity contribution in [3.05, 3.63) is 0 Å². The average Bonchev–Trinajstić information content (AvgIpc) is 1.27. The van der Waals surface area contributed by atoms with Crippen LogP contribution in [-0.2, 0) is 4.74 Å². The molecule has 0 aliphatic rings. The van der Waals surface area contributed by atoms with Crippen molar-refractivity contribution < 1.29 is 4.74 Å². The normalized spacial score (nSPS) is 11.1. The molecule has 0 aromatic carbocycles. The predicted molar refractivity (Wildman–Crippen MR) is 64.7 cm³/mol. The Balaban J connectivity index is 2.95. The summed E-state index contributed by atoms with van der Waals surface area (Å²) in [6.45, 7) is 0. The Kier molecular flexibility index (Phi) is 7.97. The Hall–Kier alpha value is 2.88. The summed E-state index contributed by atoms with van der Waals surface area (Å²) >= 11 is 8.85. The molecule has 7 heavy (non-hydrogen) atoms. The second-order valence-corrected chi connectivity index (χ2v) is 9.95. The van der Waals surface area contributed by atoms with E-state index in [0.29, 0.717) is 4.23 Å². The van der Waals surface area contributed by atoms with Gasteiger partial charge in [0.2, 0.25) is 0 Å². The van der Waals surface area contributed by atoms with Crippen LogP contribution in [0.25, 0.3) is 0 Å². The number of hydrogen-bond acceptors (Lipinski definition) is 1. The van der Waals surface area contributed by atoms with Crippen LogP contribution in [0.15, 0.2) is 0 Å². The second kappa shape index (κ2) is 5.65. The molecule has 0 aromatic rings. The molecule has 0 bridgehead atoms. The number of ether oxygens (including phenoxy) is 1. The lowest BCUT2D eigenvalue weighted by atomic mass is 11.5. The molecule has 0 aliphatic carbocycles. The summed E-state index contributed by atoms with van der Waals surface area (Å²) in [5.41, 5.74) is 0. The van der Waals surface area contributed by atoms with Gasteiger partial charge in [0.1, 0.15) is 0 Å². The first-order chi connectivity index (χ1) is 3.13. The summed E-state index contributed by atoms with van der Waals surface area (Å²) < 4.78 is 5.80. The van der Waals surface area contributed by atoms with Crippen LogP contribution in [0, 0.1) is 0 Å². The molecule has 5 heteroatoms. The van der Waals surface area contributed by atoms with Gasteiger partial charge >= 0.3 is 0 Å². The van der Waals surface area contributed by atoms with Crippen molar-refractivity contribution in [2.24, 2.45) is 0 Å². The van der Waals surface area contributed by atoms with Gasteiger partial charge in [0.15, 0.2) is 4.23 Å². The highest BCUT2D eigenvalue weighted by molar-refractivity contribution is 14.2. The maximum atomic E-state index is 5.20. The third kappa shape index (κ3) is 8.88. The Bertz CT molecular complexity index is 39.0. The van der Waals surface area contributed by atoms with Crippen molar-refractivity contribution in [3.8, 4) is 0 Å². The molecule has 0 saturated heterocycles. The molecular weight excluding hydrogens is 548 g/mol. The molecule has 0 atom stereocenters. The van der Waals surface area contributed by atoms with E-state index in [1.807, 2.05) is 0 Å². The summed E-state index contributed by atoms with van der Waals surface area (Å²) in [7, 11) is 0. The number of hydrogen-bond donors (Lipinski definition) is 0. The van der Waals surface area contributed by atoms with Crippen LogP contribution in [0.3, 0.4) is 0 Å². The Morgan fingerprint density at radius 1 is 0.857 bits per heavy atom. The molecule has 0 rings (SSSR count). The summed E-state index contributed by atoms with van der Waals surface area (Å²) in [5.74, 6) is 0. The van der Waals surface area contributed by atoms with Crippen molar-refractivity contribution in [2.45, 2.75) is 4.23 Å². The average molecular weight is 550 g/mol. The van der Waals surface area contributed by atoms with Crippen LogP contribution in [0.5, 0.6) is 0 Å². The largest absolute Gasteiger partial charge is 0.335 e. The molecule has 0 heterocycles. The van der Waals surface area contributed by atoms with Crippen molar-refractivity contribution >= 4 is 90.4 Å². The van der Waals surface area contributed by atoms with E-state index in [1.165, 1.54) is 0 Å². The summed E-state index contributed by atoms with van der Waals surface area (Å²) in [6.07, 6.45) is 0. The molecule has 0 aliphatic heterocycles. The topological polar surface area (TPSA) is 9.23 Å². The fourth-order valence-electron chi connectivity index (χ4n) is 0.0778. The van der Waals surface area contributed by atoms with Gasteiger partial charge in [-0.1, -0.05) is 0 Å².